The van der Waals surface area contributed by atoms with E-state index in [0.29, 0.717) is 38.8 Å². The highest BCUT2D eigenvalue weighted by atomic mass is 35.5. The Morgan fingerprint density at radius 3 is 2.73 bits per heavy atom. The zero-order chi connectivity index (χ0) is 22.9. The van der Waals surface area contributed by atoms with Crippen LogP contribution in [0.5, 0.6) is 0 Å². The Morgan fingerprint density at radius 1 is 1.18 bits per heavy atom. The monoisotopic (exact) mass is 486 g/mol. The number of anilines is 2. The number of aromatic nitrogens is 3. The van der Waals surface area contributed by atoms with Gasteiger partial charge in [0.15, 0.2) is 10.8 Å². The highest BCUT2D eigenvalue weighted by molar-refractivity contribution is 7.22. The SMILES string of the molecule is O=C(Cn1cnc2nc(N3CCCC(C(=O)NC4CC4)C3)sc2c1=O)Nc1ccc(Cl)cc1. The molecule has 2 aliphatic rings. The van der Waals surface area contributed by atoms with Crippen molar-refractivity contribution >= 4 is 55.9 Å². The van der Waals surface area contributed by atoms with Crippen LogP contribution in [0.1, 0.15) is 25.7 Å². The van der Waals surface area contributed by atoms with Crippen LogP contribution in [0.2, 0.25) is 5.02 Å². The fourth-order valence-electron chi connectivity index (χ4n) is 3.88. The first-order valence-corrected chi connectivity index (χ1v) is 12.1. The lowest BCUT2D eigenvalue weighted by atomic mass is 9.97. The minimum absolute atomic E-state index is 0.0763. The van der Waals surface area contributed by atoms with Crippen molar-refractivity contribution in [3.05, 3.63) is 46.0 Å². The fourth-order valence-corrected chi connectivity index (χ4v) is 5.01. The summed E-state index contributed by atoms with van der Waals surface area (Å²) in [7, 11) is 0. The quantitative estimate of drug-likeness (QED) is 0.554. The van der Waals surface area contributed by atoms with Crippen molar-refractivity contribution in [2.45, 2.75) is 38.3 Å². The lowest BCUT2D eigenvalue weighted by Crippen LogP contribution is -2.43. The maximum Gasteiger partial charge on any atom is 0.273 e. The summed E-state index contributed by atoms with van der Waals surface area (Å²) in [4.78, 5) is 48.7. The van der Waals surface area contributed by atoms with Crippen LogP contribution in [0.3, 0.4) is 0 Å². The Kier molecular flexibility index (Phi) is 6.03. The van der Waals surface area contributed by atoms with Gasteiger partial charge in [-0.15, -0.1) is 0 Å². The molecule has 9 nitrogen and oxygen atoms in total. The van der Waals surface area contributed by atoms with E-state index < -0.39 is 0 Å². The minimum atomic E-state index is -0.342. The fraction of sp³-hybridized carbons (Fsp3) is 0.409. The molecule has 0 bridgehead atoms. The van der Waals surface area contributed by atoms with Crippen LogP contribution in [-0.2, 0) is 16.1 Å². The van der Waals surface area contributed by atoms with Crippen molar-refractivity contribution in [3.63, 3.8) is 0 Å². The first-order chi connectivity index (χ1) is 16.0. The molecular formula is C22H23ClN6O3S. The van der Waals surface area contributed by atoms with E-state index in [-0.39, 0.29) is 29.8 Å². The van der Waals surface area contributed by atoms with Gasteiger partial charge in [0.25, 0.3) is 5.56 Å². The third-order valence-corrected chi connectivity index (χ3v) is 7.15. The number of nitrogens with zero attached hydrogens (tertiary/aromatic N) is 4. The topological polar surface area (TPSA) is 109 Å². The van der Waals surface area contributed by atoms with Gasteiger partial charge in [0, 0.05) is 29.8 Å². The lowest BCUT2D eigenvalue weighted by Gasteiger charge is -2.31. The van der Waals surface area contributed by atoms with Crippen molar-refractivity contribution in [1.82, 2.24) is 19.9 Å². The molecule has 1 atom stereocenters. The molecule has 11 heteroatoms. The number of amides is 2. The van der Waals surface area contributed by atoms with Crippen molar-refractivity contribution in [2.75, 3.05) is 23.3 Å². The van der Waals surface area contributed by atoms with Crippen LogP contribution in [0.15, 0.2) is 35.4 Å². The third kappa shape index (κ3) is 5.01. The van der Waals surface area contributed by atoms with Crippen molar-refractivity contribution in [1.29, 1.82) is 0 Å². The van der Waals surface area contributed by atoms with Gasteiger partial charge in [0.2, 0.25) is 11.8 Å². The molecule has 2 N–H and O–H groups in total. The zero-order valence-corrected chi connectivity index (χ0v) is 19.4. The van der Waals surface area contributed by atoms with Gasteiger partial charge in [-0.1, -0.05) is 22.9 Å². The number of carbonyl (C=O) groups is 2. The molecule has 33 heavy (non-hydrogen) atoms. The van der Waals surface area contributed by atoms with Gasteiger partial charge in [-0.2, -0.15) is 4.98 Å². The maximum absolute atomic E-state index is 13.0. The van der Waals surface area contributed by atoms with E-state index >= 15 is 0 Å². The number of halogens is 1. The van der Waals surface area contributed by atoms with E-state index in [1.165, 1.54) is 22.2 Å². The van der Waals surface area contributed by atoms with Gasteiger partial charge in [-0.3, -0.25) is 19.0 Å². The van der Waals surface area contributed by atoms with Crippen molar-refractivity contribution in [3.8, 4) is 0 Å². The second kappa shape index (κ2) is 9.11. The number of nitrogens with one attached hydrogen (secondary N) is 2. The first-order valence-electron chi connectivity index (χ1n) is 10.9. The Bertz CT molecular complexity index is 1250. The van der Waals surface area contributed by atoms with Crippen molar-refractivity contribution in [2.24, 2.45) is 5.92 Å². The standard InChI is InChI=1S/C22H23ClN6O3S/c23-14-3-5-15(6-4-14)25-17(30)11-29-12-24-19-18(21(29)32)33-22(27-19)28-9-1-2-13(10-28)20(31)26-16-7-8-16/h3-6,12-13,16H,1-2,7-11H2,(H,25,30)(H,26,31). The average Bonchev–Trinajstić information content (AvgIpc) is 3.51. The number of fused-ring (bicyclic) bond motifs is 1. The summed E-state index contributed by atoms with van der Waals surface area (Å²) in [5.41, 5.74) is 0.644. The van der Waals surface area contributed by atoms with Crippen LogP contribution in [0.4, 0.5) is 10.8 Å². The van der Waals surface area contributed by atoms with E-state index in [1.54, 1.807) is 24.3 Å². The summed E-state index contributed by atoms with van der Waals surface area (Å²) in [5, 5.41) is 7.08. The predicted molar refractivity (Wildman–Crippen MR) is 128 cm³/mol. The normalized spacial score (nSPS) is 18.3. The van der Waals surface area contributed by atoms with Crippen LogP contribution in [0, 0.1) is 5.92 Å². The Morgan fingerprint density at radius 2 is 1.97 bits per heavy atom. The van der Waals surface area contributed by atoms with Gasteiger partial charge < -0.3 is 15.5 Å². The second-order valence-corrected chi connectivity index (χ2v) is 9.86. The highest BCUT2D eigenvalue weighted by Gasteiger charge is 2.31. The van der Waals surface area contributed by atoms with E-state index in [9.17, 15) is 14.4 Å². The Hall–Kier alpha value is -2.98. The largest absolute Gasteiger partial charge is 0.353 e. The van der Waals surface area contributed by atoms with E-state index in [0.717, 1.165) is 32.2 Å². The molecule has 1 unspecified atom stereocenters. The number of hydrogen-bond donors (Lipinski definition) is 2. The maximum atomic E-state index is 13.0. The highest BCUT2D eigenvalue weighted by Crippen LogP contribution is 2.30. The molecule has 1 aliphatic heterocycles. The van der Waals surface area contributed by atoms with Gasteiger partial charge >= 0.3 is 0 Å². The second-order valence-electron chi connectivity index (χ2n) is 8.45. The summed E-state index contributed by atoms with van der Waals surface area (Å²) < 4.78 is 1.67. The van der Waals surface area contributed by atoms with E-state index in [1.807, 2.05) is 0 Å². The van der Waals surface area contributed by atoms with Crippen LogP contribution in [0.25, 0.3) is 10.3 Å². The third-order valence-electron chi connectivity index (χ3n) is 5.80. The summed E-state index contributed by atoms with van der Waals surface area (Å²) in [6.07, 6.45) is 5.22. The molecule has 2 aromatic heterocycles. The molecule has 5 rings (SSSR count). The Balaban J connectivity index is 1.29. The molecule has 1 saturated heterocycles. The summed E-state index contributed by atoms with van der Waals surface area (Å²) in [6.45, 7) is 1.20. The van der Waals surface area contributed by atoms with Gasteiger partial charge in [0.1, 0.15) is 17.6 Å². The molecule has 3 heterocycles. The number of hydrogen-bond acceptors (Lipinski definition) is 7. The Labute approximate surface area is 198 Å². The van der Waals surface area contributed by atoms with Crippen LogP contribution < -0.4 is 21.1 Å². The lowest BCUT2D eigenvalue weighted by molar-refractivity contribution is -0.125. The molecule has 172 valence electrons. The predicted octanol–water partition coefficient (Wildman–Crippen LogP) is 2.64. The smallest absolute Gasteiger partial charge is 0.273 e. The van der Waals surface area contributed by atoms with E-state index in [2.05, 4.69) is 25.5 Å². The van der Waals surface area contributed by atoms with Crippen LogP contribution in [-0.4, -0.2) is 45.5 Å². The molecular weight excluding hydrogens is 464 g/mol. The molecule has 1 saturated carbocycles. The zero-order valence-electron chi connectivity index (χ0n) is 17.8. The summed E-state index contributed by atoms with van der Waals surface area (Å²) in [6, 6.07) is 7.08. The number of rotatable bonds is 6. The van der Waals surface area contributed by atoms with Crippen molar-refractivity contribution < 1.29 is 9.59 Å². The number of carbonyl (C=O) groups excluding carboxylic acids is 2. The molecule has 2 amide bonds. The number of piperidine rings is 1. The molecule has 3 aromatic rings. The average molecular weight is 487 g/mol. The molecule has 1 aliphatic carbocycles. The number of thiazole rings is 1. The van der Waals surface area contributed by atoms with Crippen LogP contribution >= 0.6 is 22.9 Å². The molecule has 1 aromatic carbocycles. The van der Waals surface area contributed by atoms with Gasteiger partial charge in [-0.25, -0.2) is 4.98 Å². The van der Waals surface area contributed by atoms with E-state index in [4.69, 9.17) is 11.6 Å². The molecule has 0 spiro atoms. The molecule has 0 radical (unpaired) electrons. The first kappa shape index (κ1) is 21.8. The van der Waals surface area contributed by atoms with Gasteiger partial charge in [-0.05, 0) is 49.9 Å². The summed E-state index contributed by atoms with van der Waals surface area (Å²) in [5.74, 6) is -0.311. The summed E-state index contributed by atoms with van der Waals surface area (Å²) >= 11 is 7.12. The molecule has 2 fully saturated rings. The minimum Gasteiger partial charge on any atom is -0.353 e. The number of benzene rings is 1. The van der Waals surface area contributed by atoms with Gasteiger partial charge in [0.05, 0.1) is 5.92 Å².